The number of piperidine rings is 1. The average molecular weight is 436 g/mol. The Hall–Kier alpha value is -3.26. The lowest BCUT2D eigenvalue weighted by Gasteiger charge is -2.22. The summed E-state index contributed by atoms with van der Waals surface area (Å²) < 4.78 is 8.79. The number of hydrogen-bond donors (Lipinski definition) is 1. The van der Waals surface area contributed by atoms with Crippen LogP contribution >= 0.6 is 0 Å². The Kier molecular flexibility index (Phi) is 7.11. The maximum Gasteiger partial charge on any atom is 0.310 e. The standard InChI is InChI=1S/C24H29N5O3/c1-28-17-21(16-26-28)29-11-7-23(30)22(27-29)14-19-3-2-4-20(13-19)15-24(31)32-12-8-18-5-9-25-10-6-18/h2-4,7,11,13,16-18,25H,5-6,8-10,12,14-15H2,1H3. The molecule has 168 valence electrons. The Morgan fingerprint density at radius 3 is 2.81 bits per heavy atom. The summed E-state index contributed by atoms with van der Waals surface area (Å²) in [6.07, 6.45) is 9.00. The summed E-state index contributed by atoms with van der Waals surface area (Å²) >= 11 is 0. The smallest absolute Gasteiger partial charge is 0.310 e. The summed E-state index contributed by atoms with van der Waals surface area (Å²) in [5, 5.41) is 12.0. The van der Waals surface area contributed by atoms with Gasteiger partial charge in [-0.1, -0.05) is 24.3 Å². The first kappa shape index (κ1) is 22.0. The minimum absolute atomic E-state index is 0.118. The molecule has 1 aliphatic rings. The summed E-state index contributed by atoms with van der Waals surface area (Å²) in [4.78, 5) is 24.6. The van der Waals surface area contributed by atoms with Crippen molar-refractivity contribution in [2.75, 3.05) is 19.7 Å². The molecule has 1 saturated heterocycles. The molecule has 4 rings (SSSR count). The van der Waals surface area contributed by atoms with E-state index in [-0.39, 0.29) is 17.8 Å². The molecule has 1 fully saturated rings. The van der Waals surface area contributed by atoms with Gasteiger partial charge in [-0.2, -0.15) is 10.2 Å². The van der Waals surface area contributed by atoms with Crippen LogP contribution in [0.5, 0.6) is 0 Å². The highest BCUT2D eigenvalue weighted by atomic mass is 16.5. The van der Waals surface area contributed by atoms with E-state index < -0.39 is 0 Å². The number of carbonyl (C=O) groups excluding carboxylic acids is 1. The SMILES string of the molecule is Cn1cc(-n2ccc(=O)c(Cc3cccc(CC(=O)OCCC4CCNCC4)c3)n2)cn1. The molecule has 8 heteroatoms. The van der Waals surface area contributed by atoms with Gasteiger partial charge < -0.3 is 10.1 Å². The molecule has 1 aliphatic heterocycles. The summed E-state index contributed by atoms with van der Waals surface area (Å²) in [5.74, 6) is 0.425. The number of carbonyl (C=O) groups is 1. The molecule has 0 saturated carbocycles. The highest BCUT2D eigenvalue weighted by Crippen LogP contribution is 2.16. The van der Waals surface area contributed by atoms with E-state index in [1.54, 1.807) is 21.8 Å². The predicted molar refractivity (Wildman–Crippen MR) is 121 cm³/mol. The molecular weight excluding hydrogens is 406 g/mol. The first-order chi connectivity index (χ1) is 15.6. The van der Waals surface area contributed by atoms with Crippen molar-refractivity contribution in [3.05, 3.63) is 76.0 Å². The van der Waals surface area contributed by atoms with Crippen molar-refractivity contribution in [3.63, 3.8) is 0 Å². The van der Waals surface area contributed by atoms with Gasteiger partial charge in [-0.25, -0.2) is 4.68 Å². The van der Waals surface area contributed by atoms with Gasteiger partial charge >= 0.3 is 5.97 Å². The fraction of sp³-hybridized carbons (Fsp3) is 0.417. The molecule has 0 aliphatic carbocycles. The molecule has 3 aromatic rings. The lowest BCUT2D eigenvalue weighted by atomic mass is 9.95. The number of nitrogens with one attached hydrogen (secondary N) is 1. The monoisotopic (exact) mass is 435 g/mol. The maximum absolute atomic E-state index is 12.3. The fourth-order valence-electron chi connectivity index (χ4n) is 4.01. The zero-order valence-corrected chi connectivity index (χ0v) is 18.4. The van der Waals surface area contributed by atoms with Gasteiger partial charge in [0, 0.05) is 25.7 Å². The molecule has 2 aromatic heterocycles. The minimum Gasteiger partial charge on any atom is -0.465 e. The Balaban J connectivity index is 1.35. The van der Waals surface area contributed by atoms with E-state index in [9.17, 15) is 9.59 Å². The molecule has 32 heavy (non-hydrogen) atoms. The lowest BCUT2D eigenvalue weighted by Crippen LogP contribution is -2.28. The predicted octanol–water partition coefficient (Wildman–Crippen LogP) is 2.03. The molecular formula is C24H29N5O3. The van der Waals surface area contributed by atoms with Crippen LogP contribution in [-0.4, -0.2) is 45.2 Å². The number of benzene rings is 1. The zero-order valence-electron chi connectivity index (χ0n) is 18.4. The lowest BCUT2D eigenvalue weighted by molar-refractivity contribution is -0.143. The molecule has 0 spiro atoms. The third kappa shape index (κ3) is 5.91. The first-order valence-corrected chi connectivity index (χ1v) is 11.1. The molecule has 0 amide bonds. The fourth-order valence-corrected chi connectivity index (χ4v) is 4.01. The van der Waals surface area contributed by atoms with Gasteiger partial charge in [0.15, 0.2) is 0 Å². The quantitative estimate of drug-likeness (QED) is 0.545. The molecule has 8 nitrogen and oxygen atoms in total. The number of ether oxygens (including phenoxy) is 1. The van der Waals surface area contributed by atoms with Crippen LogP contribution in [0, 0.1) is 5.92 Å². The van der Waals surface area contributed by atoms with Crippen molar-refractivity contribution in [2.45, 2.75) is 32.1 Å². The largest absolute Gasteiger partial charge is 0.465 e. The van der Waals surface area contributed by atoms with E-state index in [1.165, 1.54) is 6.07 Å². The highest BCUT2D eigenvalue weighted by molar-refractivity contribution is 5.72. The molecule has 0 bridgehead atoms. The Bertz CT molecular complexity index is 1110. The van der Waals surface area contributed by atoms with Crippen molar-refractivity contribution in [1.82, 2.24) is 24.9 Å². The number of aryl methyl sites for hydroxylation is 1. The number of esters is 1. The summed E-state index contributed by atoms with van der Waals surface area (Å²) in [6, 6.07) is 9.20. The second-order valence-electron chi connectivity index (χ2n) is 8.32. The van der Waals surface area contributed by atoms with E-state index in [0.29, 0.717) is 24.6 Å². The van der Waals surface area contributed by atoms with Gasteiger partial charge in [0.2, 0.25) is 5.43 Å². The maximum atomic E-state index is 12.3. The van der Waals surface area contributed by atoms with Crippen LogP contribution in [-0.2, 0) is 29.4 Å². The van der Waals surface area contributed by atoms with Crippen molar-refractivity contribution in [1.29, 1.82) is 0 Å². The Morgan fingerprint density at radius 1 is 1.22 bits per heavy atom. The van der Waals surface area contributed by atoms with E-state index >= 15 is 0 Å². The molecule has 0 atom stereocenters. The Labute approximate surface area is 187 Å². The number of nitrogens with zero attached hydrogens (tertiary/aromatic N) is 4. The van der Waals surface area contributed by atoms with Gasteiger partial charge in [-0.05, 0) is 49.4 Å². The van der Waals surface area contributed by atoms with Crippen LogP contribution < -0.4 is 10.7 Å². The number of hydrogen-bond acceptors (Lipinski definition) is 6. The molecule has 1 N–H and O–H groups in total. The van der Waals surface area contributed by atoms with Crippen molar-refractivity contribution in [3.8, 4) is 5.69 Å². The summed E-state index contributed by atoms with van der Waals surface area (Å²) in [7, 11) is 1.83. The highest BCUT2D eigenvalue weighted by Gasteiger charge is 2.14. The molecule has 3 heterocycles. The van der Waals surface area contributed by atoms with E-state index in [0.717, 1.165) is 49.2 Å². The van der Waals surface area contributed by atoms with Gasteiger partial charge in [0.05, 0.1) is 25.4 Å². The normalized spacial score (nSPS) is 14.4. The summed E-state index contributed by atoms with van der Waals surface area (Å²) in [6.45, 7) is 2.58. The van der Waals surface area contributed by atoms with Gasteiger partial charge in [-0.15, -0.1) is 0 Å². The topological polar surface area (TPSA) is 91.0 Å². The first-order valence-electron chi connectivity index (χ1n) is 11.1. The van der Waals surface area contributed by atoms with Crippen molar-refractivity contribution < 1.29 is 9.53 Å². The minimum atomic E-state index is -0.215. The van der Waals surface area contributed by atoms with Crippen molar-refractivity contribution >= 4 is 5.97 Å². The third-order valence-corrected chi connectivity index (χ3v) is 5.80. The molecule has 0 radical (unpaired) electrons. The number of rotatable bonds is 8. The van der Waals surface area contributed by atoms with Crippen LogP contribution in [0.15, 0.2) is 53.7 Å². The molecule has 0 unspecified atom stereocenters. The average Bonchev–Trinajstić information content (AvgIpc) is 3.22. The van der Waals surface area contributed by atoms with E-state index in [2.05, 4.69) is 15.5 Å². The van der Waals surface area contributed by atoms with Crippen LogP contribution in [0.4, 0.5) is 0 Å². The van der Waals surface area contributed by atoms with E-state index in [4.69, 9.17) is 4.74 Å². The second-order valence-corrected chi connectivity index (χ2v) is 8.32. The number of aromatic nitrogens is 4. The van der Waals surface area contributed by atoms with Crippen molar-refractivity contribution in [2.24, 2.45) is 13.0 Å². The van der Waals surface area contributed by atoms with Gasteiger partial charge in [-0.3, -0.25) is 14.3 Å². The van der Waals surface area contributed by atoms with Crippen LogP contribution in [0.3, 0.4) is 0 Å². The van der Waals surface area contributed by atoms with E-state index in [1.807, 2.05) is 37.5 Å². The third-order valence-electron chi connectivity index (χ3n) is 5.80. The summed E-state index contributed by atoms with van der Waals surface area (Å²) in [5.41, 5.74) is 2.91. The second kappa shape index (κ2) is 10.4. The van der Waals surface area contributed by atoms with Crippen LogP contribution in [0.2, 0.25) is 0 Å². The van der Waals surface area contributed by atoms with Gasteiger partial charge in [0.25, 0.3) is 0 Å². The zero-order chi connectivity index (χ0) is 22.3. The Morgan fingerprint density at radius 2 is 2.03 bits per heavy atom. The van der Waals surface area contributed by atoms with Gasteiger partial charge in [0.1, 0.15) is 11.4 Å². The molecule has 1 aromatic carbocycles. The van der Waals surface area contributed by atoms with Crippen LogP contribution in [0.1, 0.15) is 36.1 Å². The van der Waals surface area contributed by atoms with Crippen LogP contribution in [0.25, 0.3) is 5.69 Å².